The minimum absolute atomic E-state index is 0.0644. The molecule has 158 valence electrons. The summed E-state index contributed by atoms with van der Waals surface area (Å²) < 4.78 is 0. The summed E-state index contributed by atoms with van der Waals surface area (Å²) in [5.41, 5.74) is 4.47. The highest BCUT2D eigenvalue weighted by Crippen LogP contribution is 2.42. The number of hydrogen-bond acceptors (Lipinski definition) is 2. The molecule has 0 radical (unpaired) electrons. The SMILES string of the molecule is CCC/C=C\C=C\C(C)(C)C1=CC(Sc2cccc(C(C)(C)C)c2)=C(NC)CC1. The van der Waals surface area contributed by atoms with E-state index < -0.39 is 0 Å². The van der Waals surface area contributed by atoms with E-state index in [1.807, 2.05) is 18.8 Å². The summed E-state index contributed by atoms with van der Waals surface area (Å²) in [5.74, 6) is 0. The summed E-state index contributed by atoms with van der Waals surface area (Å²) in [4.78, 5) is 2.66. The molecule has 0 atom stereocenters. The predicted octanol–water partition coefficient (Wildman–Crippen LogP) is 8.17. The van der Waals surface area contributed by atoms with Crippen LogP contribution in [0, 0.1) is 5.41 Å². The zero-order chi connectivity index (χ0) is 21.5. The van der Waals surface area contributed by atoms with E-state index in [1.165, 1.54) is 33.1 Å². The molecule has 0 fully saturated rings. The van der Waals surface area contributed by atoms with Crippen molar-refractivity contribution in [2.45, 2.75) is 77.5 Å². The Kier molecular flexibility index (Phi) is 8.46. The second kappa shape index (κ2) is 10.4. The summed E-state index contributed by atoms with van der Waals surface area (Å²) >= 11 is 1.88. The van der Waals surface area contributed by atoms with Gasteiger partial charge in [0.25, 0.3) is 0 Å². The van der Waals surface area contributed by atoms with E-state index >= 15 is 0 Å². The molecule has 2 rings (SSSR count). The normalized spacial score (nSPS) is 16.0. The molecule has 0 unspecified atom stereocenters. The molecule has 0 heterocycles. The zero-order valence-electron chi connectivity index (χ0n) is 19.4. The molecular weight excluding hydrogens is 370 g/mol. The van der Waals surface area contributed by atoms with Gasteiger partial charge in [0.1, 0.15) is 0 Å². The Morgan fingerprint density at radius 1 is 1.07 bits per heavy atom. The lowest BCUT2D eigenvalue weighted by molar-refractivity contribution is 0.542. The van der Waals surface area contributed by atoms with Gasteiger partial charge < -0.3 is 5.32 Å². The van der Waals surface area contributed by atoms with Crippen LogP contribution in [-0.2, 0) is 5.41 Å². The van der Waals surface area contributed by atoms with Crippen molar-refractivity contribution >= 4 is 11.8 Å². The van der Waals surface area contributed by atoms with Gasteiger partial charge in [-0.1, -0.05) is 102 Å². The van der Waals surface area contributed by atoms with Gasteiger partial charge in [-0.3, -0.25) is 0 Å². The fourth-order valence-corrected chi connectivity index (χ4v) is 4.56. The second-order valence-corrected chi connectivity index (χ2v) is 10.6. The maximum Gasteiger partial charge on any atom is 0.0311 e. The van der Waals surface area contributed by atoms with Gasteiger partial charge >= 0.3 is 0 Å². The molecule has 0 saturated heterocycles. The van der Waals surface area contributed by atoms with Gasteiger partial charge in [0.15, 0.2) is 0 Å². The smallest absolute Gasteiger partial charge is 0.0311 e. The Labute approximate surface area is 183 Å². The highest BCUT2D eigenvalue weighted by molar-refractivity contribution is 8.03. The molecule has 0 bridgehead atoms. The molecule has 1 aliphatic rings. The van der Waals surface area contributed by atoms with Crippen molar-refractivity contribution in [2.24, 2.45) is 5.41 Å². The van der Waals surface area contributed by atoms with Crippen LogP contribution in [0.2, 0.25) is 0 Å². The molecule has 29 heavy (non-hydrogen) atoms. The summed E-state index contributed by atoms with van der Waals surface area (Å²) in [6.45, 7) is 13.7. The van der Waals surface area contributed by atoms with E-state index in [0.717, 1.165) is 19.3 Å². The van der Waals surface area contributed by atoms with Crippen LogP contribution in [0.4, 0.5) is 0 Å². The number of thioether (sulfide) groups is 1. The summed E-state index contributed by atoms with van der Waals surface area (Å²) in [6, 6.07) is 8.99. The first kappa shape index (κ1) is 23.6. The number of allylic oxidation sites excluding steroid dienone is 7. The van der Waals surface area contributed by atoms with Gasteiger partial charge in [0.05, 0.1) is 0 Å². The molecule has 2 heteroatoms. The van der Waals surface area contributed by atoms with Gasteiger partial charge in [-0.15, -0.1) is 0 Å². The maximum absolute atomic E-state index is 3.44. The Morgan fingerprint density at radius 2 is 1.83 bits per heavy atom. The fraction of sp³-hybridized carbons (Fsp3) is 0.481. The number of benzene rings is 1. The van der Waals surface area contributed by atoms with Crippen molar-refractivity contribution in [3.8, 4) is 0 Å². The standard InChI is InChI=1S/C27H39NS/c1-8-9-10-11-12-18-27(5,6)22-16-17-24(28-7)25(20-22)29-23-15-13-14-21(19-23)26(2,3)4/h10-15,18-20,28H,8-9,16-17H2,1-7H3/b11-10-,18-12+. The van der Waals surface area contributed by atoms with Crippen LogP contribution in [-0.4, -0.2) is 7.05 Å². The third-order valence-electron chi connectivity index (χ3n) is 5.52. The molecule has 0 aromatic heterocycles. The molecule has 1 aliphatic carbocycles. The lowest BCUT2D eigenvalue weighted by Gasteiger charge is -2.29. The van der Waals surface area contributed by atoms with E-state index in [9.17, 15) is 0 Å². The van der Waals surface area contributed by atoms with Gasteiger partial charge in [-0.05, 0) is 48.4 Å². The average Bonchev–Trinajstić information content (AvgIpc) is 2.67. The molecular formula is C27H39NS. The molecule has 0 aliphatic heterocycles. The van der Waals surface area contributed by atoms with Crippen LogP contribution in [0.5, 0.6) is 0 Å². The van der Waals surface area contributed by atoms with Crippen molar-refractivity contribution in [1.29, 1.82) is 0 Å². The average molecular weight is 410 g/mol. The van der Waals surface area contributed by atoms with E-state index in [2.05, 4.69) is 102 Å². The largest absolute Gasteiger partial charge is 0.391 e. The van der Waals surface area contributed by atoms with Gasteiger partial charge in [0.2, 0.25) is 0 Å². The van der Waals surface area contributed by atoms with Crippen molar-refractivity contribution in [2.75, 3.05) is 7.05 Å². The third-order valence-corrected chi connectivity index (χ3v) is 6.59. The summed E-state index contributed by atoms with van der Waals surface area (Å²) in [7, 11) is 2.05. The van der Waals surface area contributed by atoms with Crippen molar-refractivity contribution in [3.05, 3.63) is 76.4 Å². The second-order valence-electron chi connectivity index (χ2n) is 9.44. The molecule has 0 spiro atoms. The Hall–Kier alpha value is -1.67. The monoisotopic (exact) mass is 409 g/mol. The van der Waals surface area contributed by atoms with Gasteiger partial charge in [0, 0.05) is 28.0 Å². The van der Waals surface area contributed by atoms with E-state index in [0.29, 0.717) is 0 Å². The zero-order valence-corrected chi connectivity index (χ0v) is 20.2. The minimum atomic E-state index is 0.0644. The predicted molar refractivity (Wildman–Crippen MR) is 131 cm³/mol. The number of hydrogen-bond donors (Lipinski definition) is 1. The van der Waals surface area contributed by atoms with Crippen LogP contribution < -0.4 is 5.32 Å². The highest BCUT2D eigenvalue weighted by atomic mass is 32.2. The van der Waals surface area contributed by atoms with Crippen LogP contribution >= 0.6 is 11.8 Å². The lowest BCUT2D eigenvalue weighted by Crippen LogP contribution is -2.18. The van der Waals surface area contributed by atoms with Gasteiger partial charge in [-0.25, -0.2) is 0 Å². The van der Waals surface area contributed by atoms with Crippen molar-refractivity contribution < 1.29 is 0 Å². The summed E-state index contributed by atoms with van der Waals surface area (Å²) in [5, 5.41) is 3.44. The topological polar surface area (TPSA) is 12.0 Å². The van der Waals surface area contributed by atoms with E-state index in [-0.39, 0.29) is 10.8 Å². The Balaban J connectivity index is 2.26. The van der Waals surface area contributed by atoms with Crippen LogP contribution in [0.25, 0.3) is 0 Å². The van der Waals surface area contributed by atoms with Gasteiger partial charge in [-0.2, -0.15) is 0 Å². The Bertz CT molecular complexity index is 800. The Morgan fingerprint density at radius 3 is 2.48 bits per heavy atom. The number of rotatable bonds is 8. The first-order chi connectivity index (χ1) is 13.7. The van der Waals surface area contributed by atoms with E-state index in [1.54, 1.807) is 0 Å². The minimum Gasteiger partial charge on any atom is -0.391 e. The third kappa shape index (κ3) is 6.96. The number of unbranched alkanes of at least 4 members (excludes halogenated alkanes) is 1. The lowest BCUT2D eigenvalue weighted by atomic mass is 9.79. The first-order valence-electron chi connectivity index (χ1n) is 10.9. The van der Waals surface area contributed by atoms with Crippen LogP contribution in [0.15, 0.2) is 75.7 Å². The maximum atomic E-state index is 3.44. The molecule has 1 aromatic rings. The summed E-state index contributed by atoms with van der Waals surface area (Å²) in [6.07, 6.45) is 16.0. The van der Waals surface area contributed by atoms with Crippen LogP contribution in [0.3, 0.4) is 0 Å². The quantitative estimate of drug-likeness (QED) is 0.434. The van der Waals surface area contributed by atoms with E-state index in [4.69, 9.17) is 0 Å². The van der Waals surface area contributed by atoms with Crippen LogP contribution in [0.1, 0.15) is 72.8 Å². The fourth-order valence-electron chi connectivity index (χ4n) is 3.45. The first-order valence-corrected chi connectivity index (χ1v) is 11.7. The highest BCUT2D eigenvalue weighted by Gasteiger charge is 2.24. The molecule has 0 saturated carbocycles. The molecule has 0 amide bonds. The molecule has 1 N–H and O–H groups in total. The molecule has 1 nitrogen and oxygen atoms in total. The number of nitrogens with one attached hydrogen (secondary N) is 1. The van der Waals surface area contributed by atoms with Crippen molar-refractivity contribution in [1.82, 2.24) is 5.32 Å². The van der Waals surface area contributed by atoms with Crippen molar-refractivity contribution in [3.63, 3.8) is 0 Å². The molecule has 1 aromatic carbocycles.